The number of nitrogens with one attached hydrogen (secondary N) is 1. The zero-order valence-electron chi connectivity index (χ0n) is 16.6. The molecular weight excluding hydrogens is 398 g/mol. The van der Waals surface area contributed by atoms with Crippen LogP contribution in [0.5, 0.6) is 23.0 Å². The van der Waals surface area contributed by atoms with Gasteiger partial charge in [0.1, 0.15) is 26.4 Å². The number of ketones is 1. The maximum Gasteiger partial charge on any atom is 0.256 e. The summed E-state index contributed by atoms with van der Waals surface area (Å²) in [4.78, 5) is 26.2. The predicted octanol–water partition coefficient (Wildman–Crippen LogP) is 3.71. The number of amides is 1. The van der Waals surface area contributed by atoms with Crippen LogP contribution >= 0.6 is 0 Å². The molecule has 31 heavy (non-hydrogen) atoms. The predicted molar refractivity (Wildman–Crippen MR) is 113 cm³/mol. The molecular formula is C24H19NO6. The SMILES string of the molecule is O=C(Nc1ccc2c(c1)OCCO2)c1ccccc1C(=O)c1ccc2c(c1)OCCO2. The van der Waals surface area contributed by atoms with Gasteiger partial charge in [-0.3, -0.25) is 9.59 Å². The fourth-order valence-electron chi connectivity index (χ4n) is 3.54. The van der Waals surface area contributed by atoms with Crippen LogP contribution in [0, 0.1) is 0 Å². The van der Waals surface area contributed by atoms with Crippen LogP contribution in [0.25, 0.3) is 0 Å². The second-order valence-electron chi connectivity index (χ2n) is 7.05. The van der Waals surface area contributed by atoms with Crippen LogP contribution in [0.2, 0.25) is 0 Å². The molecule has 3 aromatic rings. The van der Waals surface area contributed by atoms with Gasteiger partial charge in [-0.05, 0) is 36.4 Å². The summed E-state index contributed by atoms with van der Waals surface area (Å²) in [5.74, 6) is 1.67. The molecule has 0 bridgehead atoms. The van der Waals surface area contributed by atoms with E-state index in [1.165, 1.54) is 0 Å². The first-order chi connectivity index (χ1) is 15.2. The van der Waals surface area contributed by atoms with Crippen LogP contribution in [-0.2, 0) is 0 Å². The fourth-order valence-corrected chi connectivity index (χ4v) is 3.54. The molecule has 1 N–H and O–H groups in total. The molecule has 0 unspecified atom stereocenters. The normalized spacial score (nSPS) is 13.9. The molecule has 0 saturated heterocycles. The summed E-state index contributed by atoms with van der Waals surface area (Å²) < 4.78 is 22.2. The lowest BCUT2D eigenvalue weighted by molar-refractivity contribution is 0.0995. The smallest absolute Gasteiger partial charge is 0.256 e. The molecule has 2 aliphatic rings. The summed E-state index contributed by atoms with van der Waals surface area (Å²) in [6.45, 7) is 1.85. The minimum absolute atomic E-state index is 0.273. The standard InChI is InChI=1S/C24H19NO6/c26-23(15-5-7-19-21(13-15)30-11-9-28-19)17-3-1-2-4-18(17)24(27)25-16-6-8-20-22(14-16)31-12-10-29-20/h1-8,13-14H,9-12H2,(H,25,27). The van der Waals surface area contributed by atoms with E-state index in [-0.39, 0.29) is 11.3 Å². The molecule has 0 fully saturated rings. The molecule has 0 radical (unpaired) electrons. The van der Waals surface area contributed by atoms with Gasteiger partial charge in [-0.1, -0.05) is 18.2 Å². The molecule has 2 aliphatic heterocycles. The van der Waals surface area contributed by atoms with Gasteiger partial charge >= 0.3 is 0 Å². The monoisotopic (exact) mass is 417 g/mol. The van der Waals surface area contributed by atoms with Crippen molar-refractivity contribution in [3.63, 3.8) is 0 Å². The van der Waals surface area contributed by atoms with Crippen LogP contribution in [0.1, 0.15) is 26.3 Å². The zero-order chi connectivity index (χ0) is 21.2. The third-order valence-electron chi connectivity index (χ3n) is 5.02. The second kappa shape index (κ2) is 8.02. The van der Waals surface area contributed by atoms with Crippen LogP contribution in [0.15, 0.2) is 60.7 Å². The summed E-state index contributed by atoms with van der Waals surface area (Å²) in [5.41, 5.74) is 1.55. The van der Waals surface area contributed by atoms with E-state index in [2.05, 4.69) is 5.32 Å². The van der Waals surface area contributed by atoms with E-state index in [1.54, 1.807) is 60.7 Å². The topological polar surface area (TPSA) is 83.1 Å². The van der Waals surface area contributed by atoms with Crippen LogP contribution < -0.4 is 24.3 Å². The van der Waals surface area contributed by atoms with Crippen molar-refractivity contribution in [2.24, 2.45) is 0 Å². The molecule has 0 atom stereocenters. The quantitative estimate of drug-likeness (QED) is 0.652. The number of anilines is 1. The van der Waals surface area contributed by atoms with E-state index >= 15 is 0 Å². The van der Waals surface area contributed by atoms with E-state index in [1.807, 2.05) is 0 Å². The van der Waals surface area contributed by atoms with Crippen molar-refractivity contribution in [3.05, 3.63) is 77.4 Å². The van der Waals surface area contributed by atoms with Gasteiger partial charge in [-0.15, -0.1) is 0 Å². The van der Waals surface area contributed by atoms with Crippen LogP contribution in [0.3, 0.4) is 0 Å². The Bertz CT molecular complexity index is 1170. The Kier molecular flexibility index (Phi) is 4.92. The van der Waals surface area contributed by atoms with Gasteiger partial charge in [-0.2, -0.15) is 0 Å². The lowest BCUT2D eigenvalue weighted by Gasteiger charge is -2.19. The third-order valence-corrected chi connectivity index (χ3v) is 5.02. The average Bonchev–Trinajstić information content (AvgIpc) is 2.83. The fraction of sp³-hybridized carbons (Fsp3) is 0.167. The van der Waals surface area contributed by atoms with E-state index in [0.29, 0.717) is 66.2 Å². The number of ether oxygens (including phenoxy) is 4. The first-order valence-corrected chi connectivity index (χ1v) is 9.93. The minimum atomic E-state index is -0.391. The van der Waals surface area contributed by atoms with Gasteiger partial charge in [-0.25, -0.2) is 0 Å². The van der Waals surface area contributed by atoms with Gasteiger partial charge in [0.05, 0.1) is 5.56 Å². The zero-order valence-corrected chi connectivity index (χ0v) is 16.6. The lowest BCUT2D eigenvalue weighted by Crippen LogP contribution is -2.19. The Morgan fingerprint density at radius 3 is 1.94 bits per heavy atom. The number of hydrogen-bond donors (Lipinski definition) is 1. The highest BCUT2D eigenvalue weighted by Gasteiger charge is 2.21. The van der Waals surface area contributed by atoms with Crippen molar-refractivity contribution in [1.82, 2.24) is 0 Å². The molecule has 7 heteroatoms. The van der Waals surface area contributed by atoms with E-state index in [0.717, 1.165) is 0 Å². The summed E-state index contributed by atoms with van der Waals surface area (Å²) in [5, 5.41) is 2.83. The molecule has 1 amide bonds. The molecule has 0 spiro atoms. The maximum absolute atomic E-state index is 13.2. The Labute approximate surface area is 178 Å². The van der Waals surface area contributed by atoms with Crippen molar-refractivity contribution >= 4 is 17.4 Å². The summed E-state index contributed by atoms with van der Waals surface area (Å²) >= 11 is 0. The number of fused-ring (bicyclic) bond motifs is 2. The third kappa shape index (κ3) is 3.77. The van der Waals surface area contributed by atoms with E-state index < -0.39 is 5.91 Å². The van der Waals surface area contributed by atoms with Gasteiger partial charge in [0, 0.05) is 22.9 Å². The van der Waals surface area contributed by atoms with E-state index in [9.17, 15) is 9.59 Å². The van der Waals surface area contributed by atoms with Crippen LogP contribution in [-0.4, -0.2) is 38.1 Å². The molecule has 2 heterocycles. The van der Waals surface area contributed by atoms with Crippen molar-refractivity contribution in [2.45, 2.75) is 0 Å². The molecule has 0 aliphatic carbocycles. The van der Waals surface area contributed by atoms with Crippen molar-refractivity contribution in [3.8, 4) is 23.0 Å². The highest BCUT2D eigenvalue weighted by molar-refractivity contribution is 6.17. The Hall–Kier alpha value is -4.00. The highest BCUT2D eigenvalue weighted by atomic mass is 16.6. The first-order valence-electron chi connectivity index (χ1n) is 9.93. The number of carbonyl (C=O) groups is 2. The first kappa shape index (κ1) is 19.0. The minimum Gasteiger partial charge on any atom is -0.486 e. The number of benzene rings is 3. The number of rotatable bonds is 4. The van der Waals surface area contributed by atoms with Gasteiger partial charge in [0.2, 0.25) is 0 Å². The lowest BCUT2D eigenvalue weighted by atomic mass is 9.97. The molecule has 3 aromatic carbocycles. The average molecular weight is 417 g/mol. The number of carbonyl (C=O) groups excluding carboxylic acids is 2. The summed E-state index contributed by atoms with van der Waals surface area (Å²) in [6.07, 6.45) is 0. The second-order valence-corrected chi connectivity index (χ2v) is 7.05. The molecule has 0 aromatic heterocycles. The Morgan fingerprint density at radius 2 is 1.23 bits per heavy atom. The Balaban J connectivity index is 1.41. The van der Waals surface area contributed by atoms with Gasteiger partial charge in [0.25, 0.3) is 5.91 Å². The molecule has 5 rings (SSSR count). The maximum atomic E-state index is 13.2. The molecule has 156 valence electrons. The Morgan fingerprint density at radius 1 is 0.645 bits per heavy atom. The summed E-state index contributed by atoms with van der Waals surface area (Å²) in [7, 11) is 0. The van der Waals surface area contributed by atoms with Crippen molar-refractivity contribution < 1.29 is 28.5 Å². The largest absolute Gasteiger partial charge is 0.486 e. The number of hydrogen-bond acceptors (Lipinski definition) is 6. The highest BCUT2D eigenvalue weighted by Crippen LogP contribution is 2.33. The van der Waals surface area contributed by atoms with Crippen LogP contribution in [0.4, 0.5) is 5.69 Å². The molecule has 7 nitrogen and oxygen atoms in total. The van der Waals surface area contributed by atoms with Crippen molar-refractivity contribution in [1.29, 1.82) is 0 Å². The molecule has 0 saturated carbocycles. The summed E-state index contributed by atoms with van der Waals surface area (Å²) in [6, 6.07) is 16.9. The van der Waals surface area contributed by atoms with Crippen molar-refractivity contribution in [2.75, 3.05) is 31.7 Å². The van der Waals surface area contributed by atoms with Gasteiger partial charge in [0.15, 0.2) is 28.8 Å². The van der Waals surface area contributed by atoms with Gasteiger partial charge < -0.3 is 24.3 Å². The van der Waals surface area contributed by atoms with E-state index in [4.69, 9.17) is 18.9 Å².